The zero-order valence-electron chi connectivity index (χ0n) is 24.9. The molecule has 42 heavy (non-hydrogen) atoms. The highest BCUT2D eigenvalue weighted by molar-refractivity contribution is 7.91. The molecule has 1 unspecified atom stereocenters. The molecular weight excluding hydrogens is 579 g/mol. The standard InChI is InChI=1S/C28H42F3N3O7S/c1-6-8-10-11-12-13-17-42(38,39)22-15-14-20(18-21(22)28(29,30)31)23(35)32-33-24(36)27(5)19-41-26(3,4)34(27)25(37)40-16-9-7-2/h14-15,18H,6-13,16-17,19H2,1-5H3,(H,32,35)(H,33,36). The molecule has 1 fully saturated rings. The average molecular weight is 622 g/mol. The van der Waals surface area contributed by atoms with Gasteiger partial charge in [0.15, 0.2) is 9.84 Å². The lowest BCUT2D eigenvalue weighted by atomic mass is 10.0. The van der Waals surface area contributed by atoms with Crippen molar-refractivity contribution in [3.63, 3.8) is 0 Å². The number of amides is 3. The van der Waals surface area contributed by atoms with E-state index in [1.165, 1.54) is 6.92 Å². The number of ether oxygens (including phenoxy) is 2. The summed E-state index contributed by atoms with van der Waals surface area (Å²) < 4.78 is 78.1. The summed E-state index contributed by atoms with van der Waals surface area (Å²) in [6.45, 7) is 8.36. The molecule has 2 rings (SSSR count). The Labute approximate surface area is 245 Å². The summed E-state index contributed by atoms with van der Waals surface area (Å²) in [5.74, 6) is -2.44. The Hall–Kier alpha value is -2.87. The fourth-order valence-electron chi connectivity index (χ4n) is 4.66. The molecule has 1 heterocycles. The molecule has 3 amide bonds. The van der Waals surface area contributed by atoms with Crippen LogP contribution in [-0.2, 0) is 30.3 Å². The second kappa shape index (κ2) is 14.5. The number of hydrogen-bond acceptors (Lipinski definition) is 7. The number of alkyl halides is 3. The number of hydrogen-bond donors (Lipinski definition) is 2. The number of rotatable bonds is 13. The quantitative estimate of drug-likeness (QED) is 0.224. The van der Waals surface area contributed by atoms with Crippen molar-refractivity contribution in [1.29, 1.82) is 0 Å². The minimum absolute atomic E-state index is 0.128. The lowest BCUT2D eigenvalue weighted by Crippen LogP contribution is -2.63. The lowest BCUT2D eigenvalue weighted by molar-refractivity contribution is -0.140. The topological polar surface area (TPSA) is 131 Å². The molecule has 1 aromatic carbocycles. The predicted molar refractivity (Wildman–Crippen MR) is 149 cm³/mol. The van der Waals surface area contributed by atoms with Crippen LogP contribution < -0.4 is 10.9 Å². The maximum atomic E-state index is 13.9. The Morgan fingerprint density at radius 2 is 1.60 bits per heavy atom. The third-order valence-electron chi connectivity index (χ3n) is 7.07. The van der Waals surface area contributed by atoms with Gasteiger partial charge < -0.3 is 9.47 Å². The van der Waals surface area contributed by atoms with Gasteiger partial charge in [0.05, 0.1) is 29.4 Å². The Morgan fingerprint density at radius 3 is 2.21 bits per heavy atom. The van der Waals surface area contributed by atoms with Crippen LogP contribution in [0.25, 0.3) is 0 Å². The van der Waals surface area contributed by atoms with Crippen molar-refractivity contribution in [2.45, 2.75) is 108 Å². The second-order valence-electron chi connectivity index (χ2n) is 11.0. The fraction of sp³-hybridized carbons (Fsp3) is 0.679. The summed E-state index contributed by atoms with van der Waals surface area (Å²) in [7, 11) is -4.27. The van der Waals surface area contributed by atoms with Gasteiger partial charge in [-0.25, -0.2) is 13.2 Å². The summed E-state index contributed by atoms with van der Waals surface area (Å²) >= 11 is 0. The van der Waals surface area contributed by atoms with Crippen molar-refractivity contribution in [2.75, 3.05) is 19.0 Å². The molecule has 0 bridgehead atoms. The van der Waals surface area contributed by atoms with Gasteiger partial charge in [-0.3, -0.25) is 25.3 Å². The number of carbonyl (C=O) groups is 3. The van der Waals surface area contributed by atoms with E-state index in [9.17, 15) is 36.0 Å². The van der Waals surface area contributed by atoms with E-state index >= 15 is 0 Å². The van der Waals surface area contributed by atoms with Crippen molar-refractivity contribution >= 4 is 27.7 Å². The molecule has 0 aromatic heterocycles. The zero-order valence-corrected chi connectivity index (χ0v) is 25.7. The Bertz CT molecular complexity index is 1220. The molecule has 0 spiro atoms. The van der Waals surface area contributed by atoms with Gasteiger partial charge in [-0.05, 0) is 51.8 Å². The van der Waals surface area contributed by atoms with E-state index in [2.05, 4.69) is 5.43 Å². The number of sulfone groups is 1. The summed E-state index contributed by atoms with van der Waals surface area (Å²) in [6, 6.07) is 2.15. The smallest absolute Gasteiger partial charge is 0.417 e. The number of benzene rings is 1. The van der Waals surface area contributed by atoms with Gasteiger partial charge in [0.2, 0.25) is 0 Å². The normalized spacial score (nSPS) is 18.5. The molecule has 2 N–H and O–H groups in total. The van der Waals surface area contributed by atoms with Crippen molar-refractivity contribution in [3.05, 3.63) is 29.3 Å². The molecule has 0 aliphatic carbocycles. The lowest BCUT2D eigenvalue weighted by Gasteiger charge is -2.37. The van der Waals surface area contributed by atoms with Crippen LogP contribution in [0.1, 0.15) is 102 Å². The van der Waals surface area contributed by atoms with Crippen LogP contribution >= 0.6 is 0 Å². The van der Waals surface area contributed by atoms with E-state index in [0.717, 1.165) is 49.1 Å². The first kappa shape index (κ1) is 35.3. The second-order valence-corrected chi connectivity index (χ2v) is 13.1. The van der Waals surface area contributed by atoms with Crippen molar-refractivity contribution < 1.29 is 45.4 Å². The highest BCUT2D eigenvalue weighted by atomic mass is 32.2. The third-order valence-corrected chi connectivity index (χ3v) is 8.92. The van der Waals surface area contributed by atoms with Gasteiger partial charge in [0.25, 0.3) is 11.8 Å². The van der Waals surface area contributed by atoms with Crippen molar-refractivity contribution in [3.8, 4) is 0 Å². The molecule has 0 saturated carbocycles. The van der Waals surface area contributed by atoms with Gasteiger partial charge >= 0.3 is 12.3 Å². The van der Waals surface area contributed by atoms with Gasteiger partial charge in [-0.15, -0.1) is 0 Å². The van der Waals surface area contributed by atoms with E-state index < -0.39 is 67.0 Å². The number of nitrogens with zero attached hydrogens (tertiary/aromatic N) is 1. The number of unbranched alkanes of at least 4 members (excludes halogenated alkanes) is 6. The van der Waals surface area contributed by atoms with Gasteiger partial charge in [0.1, 0.15) is 11.3 Å². The fourth-order valence-corrected chi connectivity index (χ4v) is 6.25. The van der Waals surface area contributed by atoms with Crippen LogP contribution in [0.5, 0.6) is 0 Å². The van der Waals surface area contributed by atoms with Crippen molar-refractivity contribution in [2.24, 2.45) is 0 Å². The number of hydrazine groups is 1. The minimum Gasteiger partial charge on any atom is -0.449 e. The largest absolute Gasteiger partial charge is 0.449 e. The highest BCUT2D eigenvalue weighted by Gasteiger charge is 2.56. The molecule has 1 aromatic rings. The summed E-state index contributed by atoms with van der Waals surface area (Å²) in [5.41, 5.74) is -0.650. The van der Waals surface area contributed by atoms with Gasteiger partial charge in [-0.2, -0.15) is 13.2 Å². The van der Waals surface area contributed by atoms with Crippen LogP contribution in [0.3, 0.4) is 0 Å². The predicted octanol–water partition coefficient (Wildman–Crippen LogP) is 5.36. The molecule has 238 valence electrons. The third kappa shape index (κ3) is 8.82. The van der Waals surface area contributed by atoms with E-state index in [0.29, 0.717) is 18.9 Å². The van der Waals surface area contributed by atoms with Gasteiger partial charge in [0, 0.05) is 5.56 Å². The first-order valence-corrected chi connectivity index (χ1v) is 15.8. The molecular formula is C28H42F3N3O7S. The van der Waals surface area contributed by atoms with Crippen molar-refractivity contribution in [1.82, 2.24) is 15.8 Å². The van der Waals surface area contributed by atoms with E-state index in [4.69, 9.17) is 9.47 Å². The summed E-state index contributed by atoms with van der Waals surface area (Å²) in [6.07, 6.45) is 0.0628. The Balaban J connectivity index is 2.17. The maximum absolute atomic E-state index is 13.9. The number of nitrogens with one attached hydrogen (secondary N) is 2. The minimum atomic E-state index is -5.05. The van der Waals surface area contributed by atoms with Gasteiger partial charge in [-0.1, -0.05) is 52.4 Å². The van der Waals surface area contributed by atoms with E-state index in [1.807, 2.05) is 19.3 Å². The summed E-state index contributed by atoms with van der Waals surface area (Å²) in [5, 5.41) is 0. The van der Waals surface area contributed by atoms with E-state index in [-0.39, 0.29) is 19.6 Å². The van der Waals surface area contributed by atoms with Crippen LogP contribution in [0.4, 0.5) is 18.0 Å². The first-order chi connectivity index (χ1) is 19.5. The Morgan fingerprint density at radius 1 is 0.976 bits per heavy atom. The maximum Gasteiger partial charge on any atom is 0.417 e. The monoisotopic (exact) mass is 621 g/mol. The highest BCUT2D eigenvalue weighted by Crippen LogP contribution is 2.37. The first-order valence-electron chi connectivity index (χ1n) is 14.2. The molecule has 1 saturated heterocycles. The van der Waals surface area contributed by atoms with Crippen LogP contribution in [0.15, 0.2) is 23.1 Å². The summed E-state index contributed by atoms with van der Waals surface area (Å²) in [4.78, 5) is 38.8. The molecule has 1 atom stereocenters. The average Bonchev–Trinajstić information content (AvgIpc) is 3.17. The van der Waals surface area contributed by atoms with Crippen LogP contribution in [-0.4, -0.2) is 61.5 Å². The van der Waals surface area contributed by atoms with Crippen LogP contribution in [0, 0.1) is 0 Å². The Kier molecular flexibility index (Phi) is 12.2. The number of carbonyl (C=O) groups excluding carboxylic acids is 3. The molecule has 1 aliphatic rings. The number of halogens is 3. The molecule has 1 aliphatic heterocycles. The van der Waals surface area contributed by atoms with Crippen LogP contribution in [0.2, 0.25) is 0 Å². The molecule has 10 nitrogen and oxygen atoms in total. The zero-order chi connectivity index (χ0) is 31.8. The van der Waals surface area contributed by atoms with E-state index in [1.54, 1.807) is 13.8 Å². The molecule has 14 heteroatoms. The SMILES string of the molecule is CCCCCCCCS(=O)(=O)c1ccc(C(=O)NNC(=O)C2(C)COC(C)(C)N2C(=O)OCCCC)cc1C(F)(F)F. The molecule has 0 radical (unpaired) electrons.